The van der Waals surface area contributed by atoms with E-state index >= 15 is 0 Å². The normalized spacial score (nSPS) is 22.6. The molecule has 0 aromatic carbocycles. The van der Waals surface area contributed by atoms with E-state index in [2.05, 4.69) is 0 Å². The van der Waals surface area contributed by atoms with Crippen molar-refractivity contribution in [3.63, 3.8) is 0 Å². The van der Waals surface area contributed by atoms with Crippen molar-refractivity contribution >= 4 is 12.0 Å². The average Bonchev–Trinajstić information content (AvgIpc) is 2.61. The molecule has 0 aromatic rings. The van der Waals surface area contributed by atoms with Gasteiger partial charge in [-0.05, 0) is 19.8 Å². The van der Waals surface area contributed by atoms with Crippen LogP contribution in [0.5, 0.6) is 0 Å². The number of carboxylic acid groups (broad SMARTS) is 1. The molecule has 2 fully saturated rings. The number of carbonyl (C=O) groups is 2. The molecule has 0 bridgehead atoms. The highest BCUT2D eigenvalue weighted by Gasteiger charge is 2.44. The van der Waals surface area contributed by atoms with Crippen molar-refractivity contribution < 1.29 is 19.4 Å². The average molecular weight is 270 g/mol. The lowest BCUT2D eigenvalue weighted by molar-refractivity contribution is -0.160. The molecule has 2 saturated heterocycles. The monoisotopic (exact) mass is 270 g/mol. The van der Waals surface area contributed by atoms with E-state index in [4.69, 9.17) is 9.84 Å². The quantitative estimate of drug-likeness (QED) is 0.835. The third kappa shape index (κ3) is 3.59. The van der Waals surface area contributed by atoms with Crippen molar-refractivity contribution in [2.75, 3.05) is 32.8 Å². The predicted octanol–water partition coefficient (Wildman–Crippen LogP) is 1.16. The fourth-order valence-corrected chi connectivity index (χ4v) is 2.69. The van der Waals surface area contributed by atoms with E-state index in [1.54, 1.807) is 4.90 Å². The van der Waals surface area contributed by atoms with Crippen molar-refractivity contribution in [2.24, 2.45) is 0 Å². The fourth-order valence-electron chi connectivity index (χ4n) is 2.69. The smallest absolute Gasteiger partial charge is 0.329 e. The second kappa shape index (κ2) is 5.77. The van der Waals surface area contributed by atoms with Gasteiger partial charge >= 0.3 is 12.0 Å². The summed E-state index contributed by atoms with van der Waals surface area (Å²) in [7, 11) is 0. The molecule has 0 unspecified atom stereocenters. The molecule has 19 heavy (non-hydrogen) atoms. The van der Waals surface area contributed by atoms with Crippen LogP contribution in [0.25, 0.3) is 0 Å². The molecule has 2 aliphatic heterocycles. The molecule has 0 aromatic heterocycles. The number of carbonyl (C=O) groups excluding carboxylic acids is 1. The topological polar surface area (TPSA) is 70.1 Å². The number of amides is 2. The lowest BCUT2D eigenvalue weighted by Gasteiger charge is -2.48. The zero-order valence-electron chi connectivity index (χ0n) is 11.4. The second-order valence-corrected chi connectivity index (χ2v) is 5.67. The van der Waals surface area contributed by atoms with Gasteiger partial charge < -0.3 is 19.6 Å². The summed E-state index contributed by atoms with van der Waals surface area (Å²) in [6.45, 7) is 4.18. The van der Waals surface area contributed by atoms with E-state index in [-0.39, 0.29) is 12.6 Å². The molecule has 0 radical (unpaired) electrons. The van der Waals surface area contributed by atoms with Crippen molar-refractivity contribution in [2.45, 2.75) is 38.2 Å². The number of aliphatic carboxylic acids is 1. The molecule has 108 valence electrons. The summed E-state index contributed by atoms with van der Waals surface area (Å²) in [5.74, 6) is -0.974. The zero-order valence-corrected chi connectivity index (χ0v) is 11.4. The van der Waals surface area contributed by atoms with Crippen LogP contribution < -0.4 is 0 Å². The van der Waals surface area contributed by atoms with E-state index in [1.807, 2.05) is 11.8 Å². The SMILES string of the molecule is CC1(OCC(=O)O)CN(C(=O)N2CCCCCC2)C1. The van der Waals surface area contributed by atoms with Crippen LogP contribution in [0.1, 0.15) is 32.6 Å². The van der Waals surface area contributed by atoms with Crippen molar-refractivity contribution in [3.8, 4) is 0 Å². The molecule has 2 amide bonds. The summed E-state index contributed by atoms with van der Waals surface area (Å²) < 4.78 is 5.31. The number of hydrogen-bond acceptors (Lipinski definition) is 3. The fraction of sp³-hybridized carbons (Fsp3) is 0.846. The summed E-state index contributed by atoms with van der Waals surface area (Å²) in [4.78, 5) is 26.4. The van der Waals surface area contributed by atoms with Crippen molar-refractivity contribution in [1.82, 2.24) is 9.80 Å². The van der Waals surface area contributed by atoms with Gasteiger partial charge in [0.1, 0.15) is 12.2 Å². The van der Waals surface area contributed by atoms with Gasteiger partial charge in [-0.3, -0.25) is 0 Å². The number of hydrogen-bond donors (Lipinski definition) is 1. The molecule has 6 nitrogen and oxygen atoms in total. The predicted molar refractivity (Wildman–Crippen MR) is 69.0 cm³/mol. The van der Waals surface area contributed by atoms with Crippen LogP contribution in [0.3, 0.4) is 0 Å². The van der Waals surface area contributed by atoms with Crippen LogP contribution in [0.2, 0.25) is 0 Å². The van der Waals surface area contributed by atoms with Gasteiger partial charge in [0.15, 0.2) is 0 Å². The van der Waals surface area contributed by atoms with Crippen LogP contribution in [0.15, 0.2) is 0 Å². The maximum absolute atomic E-state index is 12.2. The first kappa shape index (κ1) is 14.1. The molecular weight excluding hydrogens is 248 g/mol. The Balaban J connectivity index is 1.78. The Hall–Kier alpha value is -1.30. The van der Waals surface area contributed by atoms with Gasteiger partial charge in [-0.2, -0.15) is 0 Å². The molecule has 0 atom stereocenters. The highest BCUT2D eigenvalue weighted by molar-refractivity contribution is 5.76. The number of likely N-dealkylation sites (tertiary alicyclic amines) is 2. The third-order valence-corrected chi connectivity index (χ3v) is 3.74. The van der Waals surface area contributed by atoms with Crippen LogP contribution in [0, 0.1) is 0 Å². The first-order chi connectivity index (χ1) is 9.00. The van der Waals surface area contributed by atoms with Gasteiger partial charge in [-0.15, -0.1) is 0 Å². The number of rotatable bonds is 3. The molecule has 0 saturated carbocycles. The minimum atomic E-state index is -0.974. The number of urea groups is 1. The highest BCUT2D eigenvalue weighted by Crippen LogP contribution is 2.26. The standard InChI is InChI=1S/C13H22N2O4/c1-13(19-8-11(16)17)9-15(10-13)12(18)14-6-4-2-3-5-7-14/h2-10H2,1H3,(H,16,17). The van der Waals surface area contributed by atoms with E-state index < -0.39 is 11.6 Å². The summed E-state index contributed by atoms with van der Waals surface area (Å²) in [5.41, 5.74) is -0.500. The van der Waals surface area contributed by atoms with E-state index in [9.17, 15) is 9.59 Å². The Morgan fingerprint density at radius 1 is 1.11 bits per heavy atom. The number of nitrogens with zero attached hydrogens (tertiary/aromatic N) is 2. The zero-order chi connectivity index (χ0) is 13.9. The van der Waals surface area contributed by atoms with Gasteiger partial charge in [0.2, 0.25) is 0 Å². The lowest BCUT2D eigenvalue weighted by atomic mass is 9.97. The molecule has 1 N–H and O–H groups in total. The Labute approximate surface area is 113 Å². The minimum Gasteiger partial charge on any atom is -0.480 e. The lowest BCUT2D eigenvalue weighted by Crippen LogP contribution is -2.65. The molecule has 2 aliphatic rings. The summed E-state index contributed by atoms with van der Waals surface area (Å²) in [6.07, 6.45) is 4.55. The van der Waals surface area contributed by atoms with Gasteiger partial charge in [-0.25, -0.2) is 9.59 Å². The maximum Gasteiger partial charge on any atom is 0.329 e. The Kier molecular flexibility index (Phi) is 4.29. The number of ether oxygens (including phenoxy) is 1. The maximum atomic E-state index is 12.2. The third-order valence-electron chi connectivity index (χ3n) is 3.74. The Morgan fingerprint density at radius 2 is 1.68 bits per heavy atom. The van der Waals surface area contributed by atoms with Gasteiger partial charge in [0.05, 0.1) is 13.1 Å². The van der Waals surface area contributed by atoms with E-state index in [0.717, 1.165) is 25.9 Å². The molecule has 2 rings (SSSR count). The Morgan fingerprint density at radius 3 is 2.21 bits per heavy atom. The molecule has 6 heteroatoms. The highest BCUT2D eigenvalue weighted by atomic mass is 16.5. The Bertz CT molecular complexity index is 345. The summed E-state index contributed by atoms with van der Waals surface area (Å²) >= 11 is 0. The first-order valence-electron chi connectivity index (χ1n) is 6.90. The first-order valence-corrected chi connectivity index (χ1v) is 6.90. The van der Waals surface area contributed by atoms with Gasteiger partial charge in [0, 0.05) is 13.1 Å². The number of carboxylic acids is 1. The second-order valence-electron chi connectivity index (χ2n) is 5.67. The van der Waals surface area contributed by atoms with Crippen LogP contribution in [0.4, 0.5) is 4.79 Å². The van der Waals surface area contributed by atoms with E-state index in [1.165, 1.54) is 12.8 Å². The van der Waals surface area contributed by atoms with Gasteiger partial charge in [0.25, 0.3) is 0 Å². The van der Waals surface area contributed by atoms with Crippen molar-refractivity contribution in [3.05, 3.63) is 0 Å². The minimum absolute atomic E-state index is 0.0679. The largest absolute Gasteiger partial charge is 0.480 e. The van der Waals surface area contributed by atoms with Gasteiger partial charge in [-0.1, -0.05) is 12.8 Å². The van der Waals surface area contributed by atoms with Crippen LogP contribution in [-0.2, 0) is 9.53 Å². The summed E-state index contributed by atoms with van der Waals surface area (Å²) in [5, 5.41) is 8.59. The molecule has 0 aliphatic carbocycles. The van der Waals surface area contributed by atoms with Crippen molar-refractivity contribution in [1.29, 1.82) is 0 Å². The molecule has 2 heterocycles. The van der Waals surface area contributed by atoms with Crippen LogP contribution in [-0.4, -0.2) is 65.3 Å². The molecular formula is C13H22N2O4. The van der Waals surface area contributed by atoms with E-state index in [0.29, 0.717) is 13.1 Å². The summed E-state index contributed by atoms with van der Waals surface area (Å²) in [6, 6.07) is 0.0679. The van der Waals surface area contributed by atoms with Crippen LogP contribution >= 0.6 is 0 Å². The molecule has 0 spiro atoms.